The van der Waals surface area contributed by atoms with Crippen LogP contribution >= 0.6 is 0 Å². The van der Waals surface area contributed by atoms with Gasteiger partial charge in [0.2, 0.25) is 5.91 Å². The highest BCUT2D eigenvalue weighted by molar-refractivity contribution is 6.06. The molecule has 2 heterocycles. The fourth-order valence-electron chi connectivity index (χ4n) is 2.74. The van der Waals surface area contributed by atoms with Gasteiger partial charge in [0.25, 0.3) is 5.91 Å². The van der Waals surface area contributed by atoms with Crippen molar-refractivity contribution in [1.82, 2.24) is 25.4 Å². The molecule has 9 nitrogen and oxygen atoms in total. The smallest absolute Gasteiger partial charge is 0.324 e. The first-order chi connectivity index (χ1) is 12.8. The number of benzene rings is 1. The molecule has 2 aromatic rings. The lowest BCUT2D eigenvalue weighted by molar-refractivity contribution is -0.130. The summed E-state index contributed by atoms with van der Waals surface area (Å²) in [4.78, 5) is 40.9. The second kappa shape index (κ2) is 7.14. The Bertz CT molecular complexity index is 881. The number of hydrogen-bond donors (Lipinski definition) is 3. The van der Waals surface area contributed by atoms with Gasteiger partial charge in [-0.25, -0.2) is 14.2 Å². The number of imide groups is 1. The van der Waals surface area contributed by atoms with Gasteiger partial charge in [-0.05, 0) is 38.5 Å². The van der Waals surface area contributed by atoms with Crippen LogP contribution in [0.1, 0.15) is 26.7 Å². The Hall–Kier alpha value is -3.30. The summed E-state index contributed by atoms with van der Waals surface area (Å²) >= 11 is 0. The number of hydrogen-bond acceptors (Lipinski definition) is 5. The number of anilines is 1. The number of nitrogens with one attached hydrogen (secondary N) is 3. The minimum absolute atomic E-state index is 0.0411. The molecular weight excluding hydrogens is 355 g/mol. The molecule has 0 atom stereocenters. The van der Waals surface area contributed by atoms with E-state index >= 15 is 0 Å². The van der Waals surface area contributed by atoms with E-state index < -0.39 is 23.3 Å². The van der Waals surface area contributed by atoms with Crippen molar-refractivity contribution in [2.24, 2.45) is 0 Å². The third-order valence-corrected chi connectivity index (χ3v) is 4.16. The molecule has 0 aliphatic carbocycles. The van der Waals surface area contributed by atoms with Gasteiger partial charge in [-0.2, -0.15) is 5.10 Å². The van der Waals surface area contributed by atoms with E-state index in [0.29, 0.717) is 11.4 Å². The van der Waals surface area contributed by atoms with Crippen LogP contribution in [0.4, 0.5) is 14.9 Å². The van der Waals surface area contributed by atoms with E-state index in [1.165, 1.54) is 18.5 Å². The van der Waals surface area contributed by atoms with Gasteiger partial charge in [0, 0.05) is 18.5 Å². The maximum absolute atomic E-state index is 14.2. The van der Waals surface area contributed by atoms with Crippen molar-refractivity contribution in [2.45, 2.75) is 32.2 Å². The number of carbonyl (C=O) groups is 3. The van der Waals surface area contributed by atoms with Crippen LogP contribution in [-0.2, 0) is 9.59 Å². The first kappa shape index (κ1) is 18.5. The summed E-state index contributed by atoms with van der Waals surface area (Å²) in [6.07, 6.45) is 1.63. The van der Waals surface area contributed by atoms with Crippen molar-refractivity contribution in [1.29, 1.82) is 0 Å². The van der Waals surface area contributed by atoms with Gasteiger partial charge < -0.3 is 10.6 Å². The Morgan fingerprint density at radius 1 is 1.33 bits per heavy atom. The second-order valence-electron chi connectivity index (χ2n) is 6.69. The molecule has 3 rings (SSSR count). The predicted octanol–water partition coefficient (Wildman–Crippen LogP) is 1.66. The molecule has 1 saturated heterocycles. The predicted molar refractivity (Wildman–Crippen MR) is 94.0 cm³/mol. The van der Waals surface area contributed by atoms with E-state index in [2.05, 4.69) is 25.8 Å². The Morgan fingerprint density at radius 3 is 2.70 bits per heavy atom. The average molecular weight is 374 g/mol. The summed E-state index contributed by atoms with van der Waals surface area (Å²) in [5.74, 6) is -0.925. The van der Waals surface area contributed by atoms with Crippen molar-refractivity contribution in [3.8, 4) is 11.4 Å². The van der Waals surface area contributed by atoms with Crippen LogP contribution in [0.25, 0.3) is 11.4 Å². The summed E-state index contributed by atoms with van der Waals surface area (Å²) in [6.45, 7) is 3.35. The van der Waals surface area contributed by atoms with Crippen molar-refractivity contribution in [3.05, 3.63) is 30.3 Å². The molecule has 1 fully saturated rings. The highest BCUT2D eigenvalue weighted by Crippen LogP contribution is 2.22. The summed E-state index contributed by atoms with van der Waals surface area (Å²) < 4.78 is 14.2. The molecule has 27 heavy (non-hydrogen) atoms. The van der Waals surface area contributed by atoms with Crippen LogP contribution in [0.2, 0.25) is 0 Å². The highest BCUT2D eigenvalue weighted by atomic mass is 19.1. The molecule has 1 aromatic carbocycles. The van der Waals surface area contributed by atoms with Crippen LogP contribution in [-0.4, -0.2) is 50.0 Å². The van der Waals surface area contributed by atoms with E-state index in [9.17, 15) is 18.8 Å². The molecular formula is C17H19FN6O3. The lowest BCUT2D eigenvalue weighted by atomic mass is 10.1. The molecule has 10 heteroatoms. The number of rotatable bonds is 6. The largest absolute Gasteiger partial charge is 0.325 e. The van der Waals surface area contributed by atoms with E-state index in [1.807, 2.05) is 0 Å². The molecule has 4 amide bonds. The molecule has 3 N–H and O–H groups in total. The summed E-state index contributed by atoms with van der Waals surface area (Å²) in [5.41, 5.74) is -0.392. The van der Waals surface area contributed by atoms with E-state index in [-0.39, 0.29) is 31.0 Å². The van der Waals surface area contributed by atoms with Gasteiger partial charge in [-0.3, -0.25) is 19.6 Å². The number of nitrogens with zero attached hydrogens (tertiary/aromatic N) is 3. The minimum atomic E-state index is -0.937. The van der Waals surface area contributed by atoms with Gasteiger partial charge in [0.1, 0.15) is 17.7 Å². The van der Waals surface area contributed by atoms with Gasteiger partial charge in [-0.1, -0.05) is 0 Å². The first-order valence-corrected chi connectivity index (χ1v) is 8.37. The highest BCUT2D eigenvalue weighted by Gasteiger charge is 2.43. The normalized spacial score (nSPS) is 15.7. The van der Waals surface area contributed by atoms with E-state index in [0.717, 1.165) is 4.90 Å². The lowest BCUT2D eigenvalue weighted by Gasteiger charge is -2.15. The van der Waals surface area contributed by atoms with Crippen molar-refractivity contribution in [2.75, 3.05) is 11.9 Å². The summed E-state index contributed by atoms with van der Waals surface area (Å²) in [6, 6.07) is 3.81. The quantitative estimate of drug-likeness (QED) is 0.664. The Balaban J connectivity index is 1.53. The van der Waals surface area contributed by atoms with Gasteiger partial charge in [0.05, 0.1) is 5.69 Å². The Labute approximate surface area is 154 Å². The van der Waals surface area contributed by atoms with Crippen molar-refractivity contribution >= 4 is 23.5 Å². The Morgan fingerprint density at radius 2 is 2.11 bits per heavy atom. The van der Waals surface area contributed by atoms with E-state index in [1.54, 1.807) is 19.9 Å². The lowest BCUT2D eigenvalue weighted by Crippen LogP contribution is -2.40. The number of aromatic amines is 1. The fraction of sp³-hybridized carbons (Fsp3) is 0.353. The number of H-pyrrole nitrogens is 1. The second-order valence-corrected chi connectivity index (χ2v) is 6.69. The molecule has 1 aromatic heterocycles. The summed E-state index contributed by atoms with van der Waals surface area (Å²) in [7, 11) is 0. The number of carbonyl (C=O) groups excluding carboxylic acids is 3. The molecule has 142 valence electrons. The fourth-order valence-corrected chi connectivity index (χ4v) is 2.74. The zero-order valence-corrected chi connectivity index (χ0v) is 14.9. The van der Waals surface area contributed by atoms with Crippen LogP contribution in [0.5, 0.6) is 0 Å². The van der Waals surface area contributed by atoms with E-state index in [4.69, 9.17) is 0 Å². The van der Waals surface area contributed by atoms with Crippen LogP contribution in [0, 0.1) is 5.82 Å². The molecule has 0 bridgehead atoms. The van der Waals surface area contributed by atoms with Gasteiger partial charge in [0.15, 0.2) is 5.82 Å². The average Bonchev–Trinajstić information content (AvgIpc) is 3.19. The van der Waals surface area contributed by atoms with Crippen LogP contribution in [0.3, 0.4) is 0 Å². The van der Waals surface area contributed by atoms with Gasteiger partial charge in [-0.15, -0.1) is 0 Å². The molecule has 0 unspecified atom stereocenters. The molecule has 1 aliphatic rings. The van der Waals surface area contributed by atoms with Crippen LogP contribution in [0.15, 0.2) is 24.5 Å². The maximum Gasteiger partial charge on any atom is 0.325 e. The number of aromatic nitrogens is 3. The third-order valence-electron chi connectivity index (χ3n) is 4.16. The number of urea groups is 1. The molecule has 0 radical (unpaired) electrons. The standard InChI is InChI=1S/C17H19FN6O3/c1-17(2)15(26)24(16(27)22-17)7-3-4-13(25)21-12-6-5-10(8-11(12)18)14-19-9-20-23-14/h5-6,8-9H,3-4,7H2,1-2H3,(H,21,25)(H,22,27)(H,19,20,23). The molecule has 0 spiro atoms. The topological polar surface area (TPSA) is 120 Å². The number of amides is 4. The van der Waals surface area contributed by atoms with Gasteiger partial charge >= 0.3 is 6.03 Å². The monoisotopic (exact) mass is 374 g/mol. The van der Waals surface area contributed by atoms with Crippen LogP contribution < -0.4 is 10.6 Å². The third kappa shape index (κ3) is 3.94. The van der Waals surface area contributed by atoms with Crippen molar-refractivity contribution in [3.63, 3.8) is 0 Å². The zero-order chi connectivity index (χ0) is 19.6. The van der Waals surface area contributed by atoms with Crippen molar-refractivity contribution < 1.29 is 18.8 Å². The first-order valence-electron chi connectivity index (χ1n) is 8.37. The minimum Gasteiger partial charge on any atom is -0.324 e. The molecule has 1 aliphatic heterocycles. The molecule has 0 saturated carbocycles. The maximum atomic E-state index is 14.2. The SMILES string of the molecule is CC1(C)NC(=O)N(CCCC(=O)Nc2ccc(-c3ncn[nH]3)cc2F)C1=O. The summed E-state index contributed by atoms with van der Waals surface area (Å²) in [5, 5.41) is 11.4. The number of halogens is 1. The zero-order valence-electron chi connectivity index (χ0n) is 14.9. The Kier molecular flexibility index (Phi) is 4.89.